The molecule has 0 aliphatic carbocycles. The average molecular weight is 390 g/mol. The van der Waals surface area contributed by atoms with Crippen molar-refractivity contribution in [1.29, 1.82) is 0 Å². The molecule has 3 aromatic rings. The zero-order valence-corrected chi connectivity index (χ0v) is 16.0. The molecule has 0 amide bonds. The molecule has 0 fully saturated rings. The summed E-state index contributed by atoms with van der Waals surface area (Å²) in [6.07, 6.45) is 3.67. The molecule has 0 spiro atoms. The number of nitrogens with zero attached hydrogens (tertiary/aromatic N) is 4. The Morgan fingerprint density at radius 2 is 2.11 bits per heavy atom. The summed E-state index contributed by atoms with van der Waals surface area (Å²) < 4.78 is 5.54. The van der Waals surface area contributed by atoms with Gasteiger partial charge in [-0.3, -0.25) is 5.10 Å². The maximum Gasteiger partial charge on any atom is 0.157 e. The summed E-state index contributed by atoms with van der Waals surface area (Å²) in [5.41, 5.74) is 5.79. The van der Waals surface area contributed by atoms with Crippen molar-refractivity contribution in [3.05, 3.63) is 65.7 Å². The number of aliphatic imine (C=N–C) groups is 2. The van der Waals surface area contributed by atoms with Crippen LogP contribution in [0.25, 0.3) is 10.9 Å². The van der Waals surface area contributed by atoms with Crippen LogP contribution in [-0.4, -0.2) is 39.5 Å². The Labute approximate surface area is 166 Å². The van der Waals surface area contributed by atoms with Crippen molar-refractivity contribution in [2.45, 2.75) is 11.9 Å². The highest BCUT2D eigenvalue weighted by atomic mass is 32.2. The van der Waals surface area contributed by atoms with E-state index < -0.39 is 0 Å². The molecule has 2 aliphatic heterocycles. The van der Waals surface area contributed by atoms with Gasteiger partial charge in [-0.2, -0.15) is 5.10 Å². The van der Waals surface area contributed by atoms with Crippen LogP contribution in [0.3, 0.4) is 0 Å². The maximum atomic E-state index is 5.54. The second-order valence-corrected chi connectivity index (χ2v) is 7.42. The topological polar surface area (TPSA) is 77.9 Å². The molecule has 2 N–H and O–H groups in total. The summed E-state index contributed by atoms with van der Waals surface area (Å²) in [6.45, 7) is 0.784. The smallest absolute Gasteiger partial charge is 0.157 e. The predicted molar refractivity (Wildman–Crippen MR) is 114 cm³/mol. The van der Waals surface area contributed by atoms with Crippen LogP contribution in [0.1, 0.15) is 5.56 Å². The van der Waals surface area contributed by atoms with Gasteiger partial charge in [0.1, 0.15) is 16.8 Å². The van der Waals surface area contributed by atoms with Crippen LogP contribution in [0.4, 0.5) is 5.69 Å². The van der Waals surface area contributed by atoms with E-state index in [-0.39, 0.29) is 5.37 Å². The highest BCUT2D eigenvalue weighted by Crippen LogP contribution is 2.36. The van der Waals surface area contributed by atoms with E-state index >= 15 is 0 Å². The molecule has 1 unspecified atom stereocenters. The molecule has 7 nitrogen and oxygen atoms in total. The Morgan fingerprint density at radius 3 is 2.96 bits per heavy atom. The molecule has 1 aromatic heterocycles. The molecule has 0 radical (unpaired) electrons. The molecule has 1 atom stereocenters. The van der Waals surface area contributed by atoms with Crippen molar-refractivity contribution in [3.8, 4) is 5.75 Å². The van der Waals surface area contributed by atoms with Crippen molar-refractivity contribution < 1.29 is 4.74 Å². The van der Waals surface area contributed by atoms with Crippen LogP contribution in [0.5, 0.6) is 5.75 Å². The van der Waals surface area contributed by atoms with Gasteiger partial charge in [-0.05, 0) is 11.6 Å². The number of anilines is 1. The van der Waals surface area contributed by atoms with Gasteiger partial charge in [0.15, 0.2) is 5.82 Å². The third-order valence-electron chi connectivity index (χ3n) is 4.72. The SMILES string of the molecule is COc1cc2[nH]ncc2cc1NC1=C2N=CSC2N(Cc2ccccc2)C=N1. The first-order valence-corrected chi connectivity index (χ1v) is 9.80. The van der Waals surface area contributed by atoms with Crippen molar-refractivity contribution >= 4 is 40.2 Å². The van der Waals surface area contributed by atoms with Gasteiger partial charge in [0.05, 0.1) is 36.4 Å². The molecular weight excluding hydrogens is 372 g/mol. The lowest BCUT2D eigenvalue weighted by Crippen LogP contribution is -2.34. The standard InChI is InChI=1S/C20H18N6OS/c1-27-17-8-15-14(9-23-25-15)7-16(17)24-19-18-20(28-12-22-18)26(11-21-19)10-13-5-3-2-4-6-13/h2-9,11-12,20,24H,10H2,1H3,(H,23,25). The molecular formula is C20H18N6OS. The number of methoxy groups -OCH3 is 1. The fraction of sp³-hybridized carbons (Fsp3) is 0.150. The first-order chi connectivity index (χ1) is 13.8. The highest BCUT2D eigenvalue weighted by Gasteiger charge is 2.31. The minimum absolute atomic E-state index is 0.101. The summed E-state index contributed by atoms with van der Waals surface area (Å²) in [5.74, 6) is 1.45. The number of fused-ring (bicyclic) bond motifs is 2. The molecule has 2 aromatic carbocycles. The molecule has 28 heavy (non-hydrogen) atoms. The quantitative estimate of drug-likeness (QED) is 0.693. The van der Waals surface area contributed by atoms with Crippen LogP contribution in [0.15, 0.2) is 70.2 Å². The Balaban J connectivity index is 1.44. The van der Waals surface area contributed by atoms with Gasteiger partial charge in [-0.1, -0.05) is 42.1 Å². The Morgan fingerprint density at radius 1 is 1.21 bits per heavy atom. The molecule has 0 saturated carbocycles. The Hall–Kier alpha value is -3.26. The molecule has 0 saturated heterocycles. The molecule has 3 heterocycles. The summed E-state index contributed by atoms with van der Waals surface area (Å²) in [5, 5.41) is 11.5. The van der Waals surface area contributed by atoms with Crippen molar-refractivity contribution in [2.24, 2.45) is 9.98 Å². The number of nitrogens with one attached hydrogen (secondary N) is 2. The third kappa shape index (κ3) is 3.01. The zero-order valence-electron chi connectivity index (χ0n) is 15.2. The lowest BCUT2D eigenvalue weighted by molar-refractivity contribution is 0.416. The van der Waals surface area contributed by atoms with Crippen molar-refractivity contribution in [1.82, 2.24) is 15.1 Å². The van der Waals surface area contributed by atoms with Gasteiger partial charge in [0.2, 0.25) is 0 Å². The number of hydrogen-bond donors (Lipinski definition) is 2. The first-order valence-electron chi connectivity index (χ1n) is 8.86. The highest BCUT2D eigenvalue weighted by molar-refractivity contribution is 8.13. The second-order valence-electron chi connectivity index (χ2n) is 6.49. The van der Waals surface area contributed by atoms with Gasteiger partial charge in [0.25, 0.3) is 0 Å². The number of aromatic nitrogens is 2. The van der Waals surface area contributed by atoms with E-state index in [1.54, 1.807) is 25.1 Å². The van der Waals surface area contributed by atoms with Crippen molar-refractivity contribution in [2.75, 3.05) is 12.4 Å². The molecule has 8 heteroatoms. The minimum atomic E-state index is 0.101. The minimum Gasteiger partial charge on any atom is -0.494 e. The van der Waals surface area contributed by atoms with Crippen LogP contribution < -0.4 is 10.1 Å². The van der Waals surface area contributed by atoms with E-state index in [1.165, 1.54) is 5.56 Å². The molecule has 2 aliphatic rings. The van der Waals surface area contributed by atoms with Gasteiger partial charge in [0, 0.05) is 18.0 Å². The van der Waals surface area contributed by atoms with Crippen LogP contribution in [0.2, 0.25) is 0 Å². The maximum absolute atomic E-state index is 5.54. The average Bonchev–Trinajstić information content (AvgIpc) is 3.39. The summed E-state index contributed by atoms with van der Waals surface area (Å²) in [6, 6.07) is 14.3. The summed E-state index contributed by atoms with van der Waals surface area (Å²) in [7, 11) is 1.65. The number of ether oxygens (including phenoxy) is 1. The predicted octanol–water partition coefficient (Wildman–Crippen LogP) is 3.80. The Bertz CT molecular complexity index is 1100. The van der Waals surface area contributed by atoms with Gasteiger partial charge in [-0.15, -0.1) is 0 Å². The van der Waals surface area contributed by atoms with E-state index in [2.05, 4.69) is 54.7 Å². The van der Waals surface area contributed by atoms with Gasteiger partial charge in [-0.25, -0.2) is 9.98 Å². The van der Waals surface area contributed by atoms with Crippen LogP contribution in [0, 0.1) is 0 Å². The monoisotopic (exact) mass is 390 g/mol. The third-order valence-corrected chi connectivity index (χ3v) is 5.69. The number of benzene rings is 2. The zero-order chi connectivity index (χ0) is 18.9. The normalized spacial score (nSPS) is 18.0. The number of H-pyrrole nitrogens is 1. The second kappa shape index (κ2) is 7.05. The molecule has 140 valence electrons. The first kappa shape index (κ1) is 16.9. The van der Waals surface area contributed by atoms with E-state index in [0.29, 0.717) is 0 Å². The summed E-state index contributed by atoms with van der Waals surface area (Å²) >= 11 is 1.68. The van der Waals surface area contributed by atoms with Gasteiger partial charge < -0.3 is 15.0 Å². The molecule has 0 bridgehead atoms. The largest absolute Gasteiger partial charge is 0.494 e. The van der Waals surface area contributed by atoms with E-state index in [9.17, 15) is 0 Å². The number of thioether (sulfide) groups is 1. The lowest BCUT2D eigenvalue weighted by atomic mass is 10.2. The van der Waals surface area contributed by atoms with Crippen LogP contribution >= 0.6 is 11.8 Å². The van der Waals surface area contributed by atoms with Crippen LogP contribution in [-0.2, 0) is 6.54 Å². The van der Waals surface area contributed by atoms with Gasteiger partial charge >= 0.3 is 0 Å². The van der Waals surface area contributed by atoms with E-state index in [1.807, 2.05) is 30.1 Å². The van der Waals surface area contributed by atoms with Crippen molar-refractivity contribution in [3.63, 3.8) is 0 Å². The number of hydrogen-bond acceptors (Lipinski definition) is 7. The number of rotatable bonds is 5. The number of aromatic amines is 1. The summed E-state index contributed by atoms with van der Waals surface area (Å²) in [4.78, 5) is 11.4. The fourth-order valence-electron chi connectivity index (χ4n) is 3.32. The van der Waals surface area contributed by atoms with E-state index in [0.717, 1.165) is 40.4 Å². The lowest BCUT2D eigenvalue weighted by Gasteiger charge is -2.30. The Kier molecular flexibility index (Phi) is 4.25. The van der Waals surface area contributed by atoms with E-state index in [4.69, 9.17) is 4.74 Å². The molecule has 5 rings (SSSR count). The fourth-order valence-corrected chi connectivity index (χ4v) is 4.20.